The molecule has 3 aromatic carbocycles. The highest BCUT2D eigenvalue weighted by molar-refractivity contribution is 7.99. The van der Waals surface area contributed by atoms with Crippen molar-refractivity contribution >= 4 is 29.3 Å². The summed E-state index contributed by atoms with van der Waals surface area (Å²) in [6, 6.07) is 21.6. The molecule has 1 aliphatic rings. The summed E-state index contributed by atoms with van der Waals surface area (Å²) < 4.78 is 0. The summed E-state index contributed by atoms with van der Waals surface area (Å²) in [5, 5.41) is 3.08. The molecule has 0 saturated heterocycles. The van der Waals surface area contributed by atoms with Gasteiger partial charge in [0.15, 0.2) is 0 Å². The highest BCUT2D eigenvalue weighted by atomic mass is 32.2. The normalized spacial score (nSPS) is 12.8. The Morgan fingerprint density at radius 1 is 0.917 bits per heavy atom. The number of carbonyl (C=O) groups is 2. The standard InChI is InChI=1S/C30H35N3O2S/c1-4-17-32(18-5-2)19-16-31-29(34)24-14-15-28-26(20-24)33(21-23-12-10-22(3)11-13-23)30(35)25-8-6-7-9-27(25)36-28/h6-15,20H,4-5,16-19,21H2,1-3H3,(H,31,34). The van der Waals surface area contributed by atoms with Crippen molar-refractivity contribution < 1.29 is 9.59 Å². The number of carbonyl (C=O) groups excluding carboxylic acids is 2. The Bertz CT molecular complexity index is 1200. The van der Waals surface area contributed by atoms with E-state index in [1.54, 1.807) is 16.7 Å². The lowest BCUT2D eigenvalue weighted by molar-refractivity contribution is 0.0945. The van der Waals surface area contributed by atoms with E-state index in [9.17, 15) is 9.59 Å². The molecule has 0 bridgehead atoms. The van der Waals surface area contributed by atoms with Crippen LogP contribution in [-0.2, 0) is 6.54 Å². The van der Waals surface area contributed by atoms with E-state index < -0.39 is 0 Å². The molecule has 0 saturated carbocycles. The molecule has 0 atom stereocenters. The Morgan fingerprint density at radius 3 is 2.36 bits per heavy atom. The monoisotopic (exact) mass is 501 g/mol. The van der Waals surface area contributed by atoms with Crippen LogP contribution >= 0.6 is 11.8 Å². The highest BCUT2D eigenvalue weighted by Crippen LogP contribution is 2.42. The molecule has 36 heavy (non-hydrogen) atoms. The molecule has 2 amide bonds. The maximum absolute atomic E-state index is 13.7. The molecular formula is C30H35N3O2S. The summed E-state index contributed by atoms with van der Waals surface area (Å²) >= 11 is 1.58. The second kappa shape index (κ2) is 12.2. The van der Waals surface area contributed by atoms with Gasteiger partial charge in [-0.25, -0.2) is 0 Å². The van der Waals surface area contributed by atoms with E-state index in [0.29, 0.717) is 24.2 Å². The molecule has 0 radical (unpaired) electrons. The van der Waals surface area contributed by atoms with Crippen molar-refractivity contribution in [3.05, 3.63) is 89.0 Å². The fourth-order valence-electron chi connectivity index (χ4n) is 4.49. The van der Waals surface area contributed by atoms with Crippen molar-refractivity contribution in [2.75, 3.05) is 31.1 Å². The predicted molar refractivity (Wildman–Crippen MR) is 148 cm³/mol. The second-order valence-corrected chi connectivity index (χ2v) is 10.3. The maximum atomic E-state index is 13.7. The van der Waals surface area contributed by atoms with Gasteiger partial charge in [-0.3, -0.25) is 9.59 Å². The Morgan fingerprint density at radius 2 is 1.64 bits per heavy atom. The minimum Gasteiger partial charge on any atom is -0.351 e. The van der Waals surface area contributed by atoms with E-state index in [1.165, 1.54) is 5.56 Å². The predicted octanol–water partition coefficient (Wildman–Crippen LogP) is 6.16. The fourth-order valence-corrected chi connectivity index (χ4v) is 5.55. The van der Waals surface area contributed by atoms with E-state index in [4.69, 9.17) is 0 Å². The molecular weight excluding hydrogens is 466 g/mol. The van der Waals surface area contributed by atoms with Crippen LogP contribution in [0.15, 0.2) is 76.5 Å². The molecule has 1 heterocycles. The average molecular weight is 502 g/mol. The number of hydrogen-bond donors (Lipinski definition) is 1. The van der Waals surface area contributed by atoms with E-state index >= 15 is 0 Å². The smallest absolute Gasteiger partial charge is 0.259 e. The quantitative estimate of drug-likeness (QED) is 0.362. The molecule has 6 heteroatoms. The summed E-state index contributed by atoms with van der Waals surface area (Å²) in [5.41, 5.74) is 4.25. The van der Waals surface area contributed by atoms with E-state index in [-0.39, 0.29) is 11.8 Å². The van der Waals surface area contributed by atoms with Gasteiger partial charge < -0.3 is 15.1 Å². The Labute approximate surface area is 218 Å². The van der Waals surface area contributed by atoms with Gasteiger partial charge in [0.2, 0.25) is 0 Å². The van der Waals surface area contributed by atoms with Crippen molar-refractivity contribution in [1.82, 2.24) is 10.2 Å². The van der Waals surface area contributed by atoms with Gasteiger partial charge in [0, 0.05) is 28.4 Å². The number of hydrogen-bond acceptors (Lipinski definition) is 4. The van der Waals surface area contributed by atoms with Crippen molar-refractivity contribution in [2.24, 2.45) is 0 Å². The number of nitrogens with one attached hydrogen (secondary N) is 1. The first-order valence-corrected chi connectivity index (χ1v) is 13.6. The molecule has 0 unspecified atom stereocenters. The van der Waals surface area contributed by atoms with Gasteiger partial charge in [-0.1, -0.05) is 67.6 Å². The van der Waals surface area contributed by atoms with Crippen LogP contribution in [0.5, 0.6) is 0 Å². The molecule has 4 rings (SSSR count). The molecule has 188 valence electrons. The van der Waals surface area contributed by atoms with Crippen molar-refractivity contribution in [3.8, 4) is 0 Å². The van der Waals surface area contributed by atoms with Crippen LogP contribution in [0.3, 0.4) is 0 Å². The summed E-state index contributed by atoms with van der Waals surface area (Å²) in [7, 11) is 0. The largest absolute Gasteiger partial charge is 0.351 e. The van der Waals surface area contributed by atoms with Crippen molar-refractivity contribution in [3.63, 3.8) is 0 Å². The summed E-state index contributed by atoms with van der Waals surface area (Å²) in [5.74, 6) is -0.162. The molecule has 1 N–H and O–H groups in total. The number of amides is 2. The van der Waals surface area contributed by atoms with Gasteiger partial charge in [-0.2, -0.15) is 0 Å². The van der Waals surface area contributed by atoms with Crippen LogP contribution in [-0.4, -0.2) is 42.9 Å². The van der Waals surface area contributed by atoms with Crippen LogP contribution in [0.1, 0.15) is 58.5 Å². The molecule has 3 aromatic rings. The minimum absolute atomic E-state index is 0.0512. The number of benzene rings is 3. The lowest BCUT2D eigenvalue weighted by atomic mass is 10.1. The lowest BCUT2D eigenvalue weighted by Crippen LogP contribution is -2.36. The van der Waals surface area contributed by atoms with Crippen LogP contribution < -0.4 is 10.2 Å². The highest BCUT2D eigenvalue weighted by Gasteiger charge is 2.28. The first-order chi connectivity index (χ1) is 17.5. The molecule has 0 aliphatic carbocycles. The van der Waals surface area contributed by atoms with Gasteiger partial charge in [0.05, 0.1) is 17.8 Å². The van der Waals surface area contributed by atoms with Crippen LogP contribution in [0.25, 0.3) is 0 Å². The molecule has 0 spiro atoms. The summed E-state index contributed by atoms with van der Waals surface area (Å²) in [6.45, 7) is 10.4. The Kier molecular flexibility index (Phi) is 8.83. The third kappa shape index (κ3) is 6.18. The Hall–Kier alpha value is -3.09. The summed E-state index contributed by atoms with van der Waals surface area (Å²) in [6.07, 6.45) is 2.20. The van der Waals surface area contributed by atoms with E-state index in [0.717, 1.165) is 53.5 Å². The van der Waals surface area contributed by atoms with Gasteiger partial charge in [0.1, 0.15) is 0 Å². The number of fused-ring (bicyclic) bond motifs is 2. The number of aryl methyl sites for hydroxylation is 1. The van der Waals surface area contributed by atoms with Crippen LogP contribution in [0.4, 0.5) is 5.69 Å². The third-order valence-corrected chi connectivity index (χ3v) is 7.49. The van der Waals surface area contributed by atoms with Gasteiger partial charge >= 0.3 is 0 Å². The zero-order valence-electron chi connectivity index (χ0n) is 21.4. The number of anilines is 1. The molecule has 5 nitrogen and oxygen atoms in total. The number of rotatable bonds is 10. The third-order valence-electron chi connectivity index (χ3n) is 6.35. The number of nitrogens with zero attached hydrogens (tertiary/aromatic N) is 2. The van der Waals surface area contributed by atoms with Crippen LogP contribution in [0.2, 0.25) is 0 Å². The minimum atomic E-state index is -0.111. The van der Waals surface area contributed by atoms with Crippen molar-refractivity contribution in [1.29, 1.82) is 0 Å². The Balaban J connectivity index is 1.60. The SMILES string of the molecule is CCCN(CCC)CCNC(=O)c1ccc2c(c1)N(Cc1ccc(C)cc1)C(=O)c1ccccc1S2. The van der Waals surface area contributed by atoms with Crippen LogP contribution in [0, 0.1) is 6.92 Å². The molecule has 1 aliphatic heterocycles. The van der Waals surface area contributed by atoms with Gasteiger partial charge in [-0.05, 0) is 68.8 Å². The van der Waals surface area contributed by atoms with Crippen molar-refractivity contribution in [2.45, 2.75) is 49.9 Å². The zero-order chi connectivity index (χ0) is 25.5. The first-order valence-electron chi connectivity index (χ1n) is 12.8. The zero-order valence-corrected chi connectivity index (χ0v) is 22.2. The topological polar surface area (TPSA) is 52.7 Å². The average Bonchev–Trinajstić information content (AvgIpc) is 2.99. The molecule has 0 fully saturated rings. The lowest BCUT2D eigenvalue weighted by Gasteiger charge is -2.24. The molecule has 0 aromatic heterocycles. The van der Waals surface area contributed by atoms with Gasteiger partial charge in [0.25, 0.3) is 11.8 Å². The summed E-state index contributed by atoms with van der Waals surface area (Å²) in [4.78, 5) is 32.9. The van der Waals surface area contributed by atoms with Gasteiger partial charge in [-0.15, -0.1) is 0 Å². The van der Waals surface area contributed by atoms with E-state index in [2.05, 4.69) is 55.3 Å². The fraction of sp³-hybridized carbons (Fsp3) is 0.333. The second-order valence-electron chi connectivity index (χ2n) is 9.26. The first kappa shape index (κ1) is 26.0. The van der Waals surface area contributed by atoms with E-state index in [1.807, 2.05) is 42.5 Å². The maximum Gasteiger partial charge on any atom is 0.259 e.